The Morgan fingerprint density at radius 1 is 0.500 bits per heavy atom. The van der Waals surface area contributed by atoms with Gasteiger partial charge in [-0.05, 0) is 80.9 Å². The topological polar surface area (TPSA) is 32.9 Å². The summed E-state index contributed by atoms with van der Waals surface area (Å²) in [5, 5.41) is 2.48. The van der Waals surface area contributed by atoms with Crippen molar-refractivity contribution in [3.63, 3.8) is 0 Å². The van der Waals surface area contributed by atoms with Gasteiger partial charge in [-0.3, -0.25) is 4.79 Å². The molecule has 42 heavy (non-hydrogen) atoms. The fraction of sp³-hybridized carbons (Fsp3) is 0.0750. The zero-order valence-corrected chi connectivity index (χ0v) is 23.6. The number of H-pyrrole nitrogens is 1. The average Bonchev–Trinajstić information content (AvgIpc) is 3.51. The van der Waals surface area contributed by atoms with Gasteiger partial charge in [0.2, 0.25) is 0 Å². The van der Waals surface area contributed by atoms with Gasteiger partial charge in [0.15, 0.2) is 5.78 Å². The molecule has 2 nitrogen and oxygen atoms in total. The van der Waals surface area contributed by atoms with Crippen molar-refractivity contribution >= 4 is 27.6 Å². The van der Waals surface area contributed by atoms with Crippen molar-refractivity contribution in [3.8, 4) is 33.4 Å². The molecule has 1 heterocycles. The summed E-state index contributed by atoms with van der Waals surface area (Å²) in [7, 11) is 0. The molecule has 0 radical (unpaired) electrons. The Morgan fingerprint density at radius 3 is 1.95 bits per heavy atom. The van der Waals surface area contributed by atoms with Gasteiger partial charge in [0.25, 0.3) is 0 Å². The second-order valence-electron chi connectivity index (χ2n) is 11.9. The van der Waals surface area contributed by atoms with E-state index in [9.17, 15) is 4.79 Å². The SMILES string of the molecule is CC1(C)c2ccccc2-c2cc3c(cc21)[nH]c1ccc(-c2cccc(-c4cccc(C(=O)c5ccccc5)c4)c2)cc13. The number of benzene rings is 6. The molecule has 0 unspecified atom stereocenters. The van der Waals surface area contributed by atoms with E-state index in [2.05, 4.69) is 104 Å². The van der Waals surface area contributed by atoms with Crippen LogP contribution in [0.1, 0.15) is 40.9 Å². The van der Waals surface area contributed by atoms with Gasteiger partial charge < -0.3 is 4.98 Å². The Hall–Kier alpha value is -5.21. The van der Waals surface area contributed by atoms with E-state index in [1.54, 1.807) is 0 Å². The van der Waals surface area contributed by atoms with Gasteiger partial charge in [-0.25, -0.2) is 0 Å². The van der Waals surface area contributed by atoms with Crippen LogP contribution in [0.25, 0.3) is 55.2 Å². The zero-order valence-electron chi connectivity index (χ0n) is 23.6. The predicted molar refractivity (Wildman–Crippen MR) is 174 cm³/mol. The number of carbonyl (C=O) groups excluding carboxylic acids is 1. The van der Waals surface area contributed by atoms with Gasteiger partial charge in [0, 0.05) is 38.3 Å². The predicted octanol–water partition coefficient (Wildman–Crippen LogP) is 10.2. The highest BCUT2D eigenvalue weighted by Crippen LogP contribution is 2.50. The molecule has 8 rings (SSSR count). The molecule has 2 heteroatoms. The second kappa shape index (κ2) is 9.15. The van der Waals surface area contributed by atoms with Gasteiger partial charge in [-0.1, -0.05) is 111 Å². The first kappa shape index (κ1) is 24.6. The van der Waals surface area contributed by atoms with Gasteiger partial charge in [-0.2, -0.15) is 0 Å². The lowest BCUT2D eigenvalue weighted by Gasteiger charge is -2.21. The number of aromatic nitrogens is 1. The number of hydrogen-bond acceptors (Lipinski definition) is 1. The van der Waals surface area contributed by atoms with Gasteiger partial charge in [-0.15, -0.1) is 0 Å². The molecule has 7 aromatic rings. The maximum atomic E-state index is 13.1. The highest BCUT2D eigenvalue weighted by atomic mass is 16.1. The minimum absolute atomic E-state index is 0.0218. The monoisotopic (exact) mass is 539 g/mol. The van der Waals surface area contributed by atoms with Gasteiger partial charge in [0.1, 0.15) is 0 Å². The third-order valence-electron chi connectivity index (χ3n) is 8.99. The number of aromatic amines is 1. The molecular weight excluding hydrogens is 510 g/mol. The maximum Gasteiger partial charge on any atom is 0.193 e. The lowest BCUT2D eigenvalue weighted by molar-refractivity contribution is 0.103. The van der Waals surface area contributed by atoms with E-state index in [4.69, 9.17) is 0 Å². The Kier molecular flexibility index (Phi) is 5.36. The molecule has 200 valence electrons. The van der Waals surface area contributed by atoms with Gasteiger partial charge in [0.05, 0.1) is 0 Å². The minimum Gasteiger partial charge on any atom is -0.355 e. The number of ketones is 1. The third kappa shape index (κ3) is 3.76. The molecule has 1 aliphatic carbocycles. The molecule has 0 saturated heterocycles. The Balaban J connectivity index is 1.20. The summed E-state index contributed by atoms with van der Waals surface area (Å²) in [4.78, 5) is 16.8. The van der Waals surface area contributed by atoms with Crippen molar-refractivity contribution in [2.75, 3.05) is 0 Å². The van der Waals surface area contributed by atoms with Crippen molar-refractivity contribution in [1.82, 2.24) is 4.98 Å². The van der Waals surface area contributed by atoms with Gasteiger partial charge >= 0.3 is 0 Å². The van der Waals surface area contributed by atoms with E-state index >= 15 is 0 Å². The average molecular weight is 540 g/mol. The van der Waals surface area contributed by atoms with Crippen molar-refractivity contribution in [3.05, 3.63) is 156 Å². The van der Waals surface area contributed by atoms with Crippen LogP contribution in [-0.2, 0) is 5.41 Å². The van der Waals surface area contributed by atoms with E-state index in [0.717, 1.165) is 22.2 Å². The Morgan fingerprint density at radius 2 is 1.14 bits per heavy atom. The fourth-order valence-corrected chi connectivity index (χ4v) is 6.75. The summed E-state index contributed by atoms with van der Waals surface area (Å²) in [6.07, 6.45) is 0. The van der Waals surface area contributed by atoms with Crippen LogP contribution in [0.5, 0.6) is 0 Å². The molecule has 0 atom stereocenters. The summed E-state index contributed by atoms with van der Waals surface area (Å²) in [6, 6.07) is 46.2. The van der Waals surface area contributed by atoms with Crippen LogP contribution >= 0.6 is 0 Å². The number of carbonyl (C=O) groups is 1. The highest BCUT2D eigenvalue weighted by molar-refractivity contribution is 6.11. The molecule has 0 bridgehead atoms. The largest absolute Gasteiger partial charge is 0.355 e. The molecule has 0 amide bonds. The molecule has 0 aliphatic heterocycles. The van der Waals surface area contributed by atoms with Crippen LogP contribution in [0.4, 0.5) is 0 Å². The maximum absolute atomic E-state index is 13.1. The van der Waals surface area contributed by atoms with Crippen LogP contribution < -0.4 is 0 Å². The van der Waals surface area contributed by atoms with Crippen molar-refractivity contribution in [2.24, 2.45) is 0 Å². The molecule has 1 aromatic heterocycles. The normalized spacial score (nSPS) is 13.3. The molecule has 6 aromatic carbocycles. The minimum atomic E-state index is -0.0218. The van der Waals surface area contributed by atoms with Crippen molar-refractivity contribution in [1.29, 1.82) is 0 Å². The second-order valence-corrected chi connectivity index (χ2v) is 11.9. The lowest BCUT2D eigenvalue weighted by Crippen LogP contribution is -2.14. The first-order chi connectivity index (χ1) is 20.5. The van der Waals surface area contributed by atoms with Crippen LogP contribution in [-0.4, -0.2) is 10.8 Å². The molecule has 0 spiro atoms. The van der Waals surface area contributed by atoms with E-state index in [0.29, 0.717) is 11.1 Å². The number of rotatable bonds is 4. The van der Waals surface area contributed by atoms with Crippen LogP contribution in [0.2, 0.25) is 0 Å². The van der Waals surface area contributed by atoms with E-state index < -0.39 is 0 Å². The number of hydrogen-bond donors (Lipinski definition) is 1. The Bertz CT molecular complexity index is 2180. The van der Waals surface area contributed by atoms with Crippen LogP contribution in [0.15, 0.2) is 133 Å². The van der Waals surface area contributed by atoms with Crippen molar-refractivity contribution < 1.29 is 4.79 Å². The molecule has 0 fully saturated rings. The fourth-order valence-electron chi connectivity index (χ4n) is 6.75. The summed E-state index contributed by atoms with van der Waals surface area (Å²) in [6.45, 7) is 4.65. The number of fused-ring (bicyclic) bond motifs is 6. The summed E-state index contributed by atoms with van der Waals surface area (Å²) in [5.74, 6) is 0.0379. The lowest BCUT2D eigenvalue weighted by atomic mass is 9.82. The zero-order chi connectivity index (χ0) is 28.4. The third-order valence-corrected chi connectivity index (χ3v) is 8.99. The summed E-state index contributed by atoms with van der Waals surface area (Å²) >= 11 is 0. The highest BCUT2D eigenvalue weighted by Gasteiger charge is 2.35. The smallest absolute Gasteiger partial charge is 0.193 e. The van der Waals surface area contributed by atoms with E-state index in [-0.39, 0.29) is 11.2 Å². The van der Waals surface area contributed by atoms with Crippen LogP contribution in [0.3, 0.4) is 0 Å². The first-order valence-corrected chi connectivity index (χ1v) is 14.5. The Labute approximate surface area is 245 Å². The molecular formula is C40H29NO. The van der Waals surface area contributed by atoms with Crippen LogP contribution in [0, 0.1) is 0 Å². The van der Waals surface area contributed by atoms with E-state index in [1.807, 2.05) is 48.5 Å². The van der Waals surface area contributed by atoms with E-state index in [1.165, 1.54) is 44.1 Å². The quantitative estimate of drug-likeness (QED) is 0.222. The van der Waals surface area contributed by atoms with Crippen molar-refractivity contribution in [2.45, 2.75) is 19.3 Å². The number of nitrogens with one attached hydrogen (secondary N) is 1. The standard InChI is InChI=1S/C40H29NO/c1-40(2)35-17-7-6-16-31(35)32-23-34-33-22-29(18-19-37(33)41-38(34)24-36(32)40)27-13-8-12-26(20-27)28-14-9-15-30(21-28)39(42)25-10-4-3-5-11-25/h3-24,41H,1-2H3. The molecule has 1 aliphatic rings. The molecule has 1 N–H and O–H groups in total. The first-order valence-electron chi connectivity index (χ1n) is 14.5. The molecule has 0 saturated carbocycles. The summed E-state index contributed by atoms with van der Waals surface area (Å²) in [5.41, 5.74) is 13.6. The summed E-state index contributed by atoms with van der Waals surface area (Å²) < 4.78 is 0.